The molecule has 2 heterocycles. The van der Waals surface area contributed by atoms with Crippen molar-refractivity contribution in [3.8, 4) is 11.5 Å². The minimum atomic E-state index is -1.22. The van der Waals surface area contributed by atoms with E-state index in [1.54, 1.807) is 43.3 Å². The Hall–Kier alpha value is -2.44. The Balaban J connectivity index is 1.66. The molecule has 2 aromatic rings. The summed E-state index contributed by atoms with van der Waals surface area (Å²) in [5.74, 6) is 0.778. The number of carbonyl (C=O) groups is 2. The van der Waals surface area contributed by atoms with E-state index in [4.69, 9.17) is 32.7 Å². The van der Waals surface area contributed by atoms with E-state index in [0.29, 0.717) is 45.9 Å². The molecule has 0 saturated carbocycles. The number of nitrogens with one attached hydrogen (secondary N) is 1. The number of halogens is 2. The summed E-state index contributed by atoms with van der Waals surface area (Å²) in [6.07, 6.45) is 0. The van der Waals surface area contributed by atoms with Crippen molar-refractivity contribution in [2.45, 2.75) is 19.0 Å². The molecule has 0 bridgehead atoms. The molecule has 4 rings (SSSR count). The minimum Gasteiger partial charge on any atom is -0.486 e. The number of nitrogens with zero attached hydrogens (tertiary/aromatic N) is 1. The molecule has 0 spiro atoms. The first-order valence-electron chi connectivity index (χ1n) is 8.37. The lowest BCUT2D eigenvalue weighted by Gasteiger charge is -2.25. The zero-order valence-corrected chi connectivity index (χ0v) is 15.9. The first-order chi connectivity index (χ1) is 12.9. The monoisotopic (exact) mass is 406 g/mol. The SMILES string of the molecule is C[C@@]1(c2ccc3c(c2)OCCO3)NC(=O)N(Cc2c(Cl)cccc2Cl)C1=O. The van der Waals surface area contributed by atoms with Crippen LogP contribution in [-0.4, -0.2) is 30.1 Å². The second-order valence-electron chi connectivity index (χ2n) is 6.51. The van der Waals surface area contributed by atoms with Crippen LogP contribution in [0.4, 0.5) is 4.79 Å². The average Bonchev–Trinajstić information content (AvgIpc) is 2.88. The summed E-state index contributed by atoms with van der Waals surface area (Å²) >= 11 is 12.4. The number of imide groups is 1. The van der Waals surface area contributed by atoms with Gasteiger partial charge in [0, 0.05) is 15.6 Å². The summed E-state index contributed by atoms with van der Waals surface area (Å²) in [5.41, 5.74) is -0.0886. The van der Waals surface area contributed by atoms with Gasteiger partial charge in [-0.25, -0.2) is 4.79 Å². The molecule has 1 atom stereocenters. The Morgan fingerprint density at radius 1 is 1.07 bits per heavy atom. The van der Waals surface area contributed by atoms with Crippen LogP contribution in [0, 0.1) is 0 Å². The Bertz CT molecular complexity index is 929. The molecular weight excluding hydrogens is 391 g/mol. The van der Waals surface area contributed by atoms with Crippen molar-refractivity contribution in [2.24, 2.45) is 0 Å². The van der Waals surface area contributed by atoms with Gasteiger partial charge in [-0.2, -0.15) is 0 Å². The zero-order chi connectivity index (χ0) is 19.2. The molecule has 0 aliphatic carbocycles. The summed E-state index contributed by atoms with van der Waals surface area (Å²) in [5, 5.41) is 3.57. The number of amides is 3. The number of urea groups is 1. The molecule has 0 radical (unpaired) electrons. The normalized spacial score (nSPS) is 21.4. The molecular formula is C19H16Cl2N2O4. The standard InChI is InChI=1S/C19H16Cl2N2O4/c1-19(11-5-6-15-16(9-11)27-8-7-26-15)17(24)23(18(25)22-19)10-12-13(20)3-2-4-14(12)21/h2-6,9H,7-8,10H2,1H3,(H,22,25)/t19-/m0/s1. The van der Waals surface area contributed by atoms with Crippen LogP contribution in [0.15, 0.2) is 36.4 Å². The van der Waals surface area contributed by atoms with Gasteiger partial charge < -0.3 is 14.8 Å². The van der Waals surface area contributed by atoms with E-state index in [9.17, 15) is 9.59 Å². The Morgan fingerprint density at radius 2 is 1.74 bits per heavy atom. The van der Waals surface area contributed by atoms with Gasteiger partial charge in [0.15, 0.2) is 11.5 Å². The van der Waals surface area contributed by atoms with Crippen LogP contribution in [0.5, 0.6) is 11.5 Å². The highest BCUT2D eigenvalue weighted by Gasteiger charge is 2.49. The van der Waals surface area contributed by atoms with Crippen LogP contribution >= 0.6 is 23.2 Å². The lowest BCUT2D eigenvalue weighted by atomic mass is 9.91. The number of ether oxygens (including phenoxy) is 2. The van der Waals surface area contributed by atoms with E-state index >= 15 is 0 Å². The fourth-order valence-corrected chi connectivity index (χ4v) is 3.75. The van der Waals surface area contributed by atoms with E-state index in [2.05, 4.69) is 5.32 Å². The summed E-state index contributed by atoms with van der Waals surface area (Å²) < 4.78 is 11.1. The highest BCUT2D eigenvalue weighted by molar-refractivity contribution is 6.36. The number of hydrogen-bond acceptors (Lipinski definition) is 4. The van der Waals surface area contributed by atoms with E-state index in [0.717, 1.165) is 4.90 Å². The van der Waals surface area contributed by atoms with Crippen LogP contribution < -0.4 is 14.8 Å². The quantitative estimate of drug-likeness (QED) is 0.788. The number of rotatable bonds is 3. The van der Waals surface area contributed by atoms with Crippen LogP contribution in [-0.2, 0) is 16.9 Å². The molecule has 8 heteroatoms. The summed E-state index contributed by atoms with van der Waals surface area (Å²) in [7, 11) is 0. The van der Waals surface area contributed by atoms with Gasteiger partial charge in [0.2, 0.25) is 0 Å². The van der Waals surface area contributed by atoms with Crippen molar-refractivity contribution >= 4 is 35.1 Å². The highest BCUT2D eigenvalue weighted by Crippen LogP contribution is 2.37. The van der Waals surface area contributed by atoms with E-state index < -0.39 is 11.6 Å². The van der Waals surface area contributed by atoms with E-state index in [1.807, 2.05) is 0 Å². The van der Waals surface area contributed by atoms with Gasteiger partial charge in [0.25, 0.3) is 5.91 Å². The maximum Gasteiger partial charge on any atom is 0.325 e. The predicted octanol–water partition coefficient (Wildman–Crippen LogP) is 3.73. The zero-order valence-electron chi connectivity index (χ0n) is 14.4. The molecule has 3 amide bonds. The lowest BCUT2D eigenvalue weighted by molar-refractivity contribution is -0.131. The second kappa shape index (κ2) is 6.62. The van der Waals surface area contributed by atoms with Gasteiger partial charge >= 0.3 is 6.03 Å². The maximum absolute atomic E-state index is 13.1. The minimum absolute atomic E-state index is 0.0106. The van der Waals surface area contributed by atoms with Crippen molar-refractivity contribution < 1.29 is 19.1 Å². The molecule has 1 N–H and O–H groups in total. The molecule has 2 aliphatic rings. The Kier molecular flexibility index (Phi) is 4.40. The second-order valence-corrected chi connectivity index (χ2v) is 7.32. The molecule has 140 valence electrons. The van der Waals surface area contributed by atoms with Crippen molar-refractivity contribution in [3.05, 3.63) is 57.6 Å². The third-order valence-electron chi connectivity index (χ3n) is 4.77. The maximum atomic E-state index is 13.1. The largest absolute Gasteiger partial charge is 0.486 e. The smallest absolute Gasteiger partial charge is 0.325 e. The first kappa shape index (κ1) is 17.9. The molecule has 27 heavy (non-hydrogen) atoms. The topological polar surface area (TPSA) is 67.9 Å². The fraction of sp³-hybridized carbons (Fsp3) is 0.263. The fourth-order valence-electron chi connectivity index (χ4n) is 3.23. The molecule has 6 nitrogen and oxygen atoms in total. The lowest BCUT2D eigenvalue weighted by Crippen LogP contribution is -2.41. The van der Waals surface area contributed by atoms with Crippen LogP contribution in [0.25, 0.3) is 0 Å². The number of carbonyl (C=O) groups excluding carboxylic acids is 2. The van der Waals surface area contributed by atoms with Crippen molar-refractivity contribution in [1.29, 1.82) is 0 Å². The molecule has 2 aliphatic heterocycles. The predicted molar refractivity (Wildman–Crippen MR) is 100 cm³/mol. The van der Waals surface area contributed by atoms with Crippen molar-refractivity contribution in [3.63, 3.8) is 0 Å². The summed E-state index contributed by atoms with van der Waals surface area (Å²) in [6, 6.07) is 9.74. The van der Waals surface area contributed by atoms with Gasteiger partial charge in [-0.3, -0.25) is 9.69 Å². The van der Waals surface area contributed by atoms with Gasteiger partial charge in [-0.15, -0.1) is 0 Å². The van der Waals surface area contributed by atoms with E-state index in [1.165, 1.54) is 0 Å². The number of hydrogen-bond donors (Lipinski definition) is 1. The van der Waals surface area contributed by atoms with Gasteiger partial charge in [-0.05, 0) is 36.8 Å². The van der Waals surface area contributed by atoms with Crippen LogP contribution in [0.1, 0.15) is 18.1 Å². The first-order valence-corrected chi connectivity index (χ1v) is 9.13. The average molecular weight is 407 g/mol. The van der Waals surface area contributed by atoms with Gasteiger partial charge in [0.1, 0.15) is 18.8 Å². The third-order valence-corrected chi connectivity index (χ3v) is 5.48. The van der Waals surface area contributed by atoms with E-state index in [-0.39, 0.29) is 12.5 Å². The van der Waals surface area contributed by atoms with Gasteiger partial charge in [0.05, 0.1) is 6.54 Å². The summed E-state index contributed by atoms with van der Waals surface area (Å²) in [4.78, 5) is 26.8. The summed E-state index contributed by atoms with van der Waals surface area (Å²) in [6.45, 7) is 2.56. The van der Waals surface area contributed by atoms with Crippen molar-refractivity contribution in [1.82, 2.24) is 10.2 Å². The molecule has 1 saturated heterocycles. The van der Waals surface area contributed by atoms with Crippen molar-refractivity contribution in [2.75, 3.05) is 13.2 Å². The Morgan fingerprint density at radius 3 is 2.44 bits per heavy atom. The molecule has 0 unspecified atom stereocenters. The number of fused-ring (bicyclic) bond motifs is 1. The molecule has 1 fully saturated rings. The van der Waals surface area contributed by atoms with Crippen LogP contribution in [0.3, 0.4) is 0 Å². The molecule has 0 aromatic heterocycles. The number of benzene rings is 2. The highest BCUT2D eigenvalue weighted by atomic mass is 35.5. The third kappa shape index (κ3) is 2.99. The van der Waals surface area contributed by atoms with Crippen LogP contribution in [0.2, 0.25) is 10.0 Å². The molecule has 2 aromatic carbocycles. The van der Waals surface area contributed by atoms with Gasteiger partial charge in [-0.1, -0.05) is 35.3 Å². The Labute approximate surface area is 165 Å².